The molecule has 0 unspecified atom stereocenters. The van der Waals surface area contributed by atoms with E-state index < -0.39 is 11.9 Å². The van der Waals surface area contributed by atoms with E-state index in [0.29, 0.717) is 17.4 Å². The third-order valence-corrected chi connectivity index (χ3v) is 4.03. The van der Waals surface area contributed by atoms with Crippen molar-refractivity contribution in [3.63, 3.8) is 0 Å². The first kappa shape index (κ1) is 21.6. The molecule has 1 atom stereocenters. The van der Waals surface area contributed by atoms with E-state index in [4.69, 9.17) is 19.3 Å². The Kier molecular flexibility index (Phi) is 7.70. The van der Waals surface area contributed by atoms with Crippen molar-refractivity contribution in [2.75, 3.05) is 19.0 Å². The Morgan fingerprint density at radius 1 is 1.18 bits per heavy atom. The molecule has 2 aromatic heterocycles. The number of carboxylic acids is 1. The van der Waals surface area contributed by atoms with Gasteiger partial charge in [0.1, 0.15) is 6.10 Å². The first-order valence-electron chi connectivity index (χ1n) is 8.58. The predicted octanol–water partition coefficient (Wildman–Crippen LogP) is 2.62. The van der Waals surface area contributed by atoms with Gasteiger partial charge in [-0.1, -0.05) is 0 Å². The number of rotatable bonds is 10. The molecule has 152 valence electrons. The van der Waals surface area contributed by atoms with E-state index in [0.717, 1.165) is 11.3 Å². The molecule has 2 aromatic rings. The number of pyridine rings is 1. The molecule has 0 aromatic carbocycles. The number of amides is 1. The van der Waals surface area contributed by atoms with E-state index in [2.05, 4.69) is 15.3 Å². The van der Waals surface area contributed by atoms with Crippen molar-refractivity contribution in [3.8, 4) is 11.8 Å². The number of carbonyl (C=O) groups excluding carboxylic acids is 1. The van der Waals surface area contributed by atoms with Crippen molar-refractivity contribution < 1.29 is 28.9 Å². The standard InChI is InChI=1S/C18H23N3O6S/c1-10(2)26-14-5-12(6-15(20-14)27-11(3)8-25-4)17(24)21-18-19-13(9-28-18)7-16(22)23/h5-6,9-11H,7-8H2,1-4H3,(H,22,23)(H,19,21,24)/t11-/m1/s1. The van der Waals surface area contributed by atoms with Gasteiger partial charge in [-0.25, -0.2) is 4.98 Å². The zero-order valence-electron chi connectivity index (χ0n) is 16.1. The van der Waals surface area contributed by atoms with Gasteiger partial charge in [0, 0.05) is 24.6 Å². The Balaban J connectivity index is 2.19. The van der Waals surface area contributed by atoms with Crippen LogP contribution in [0.4, 0.5) is 5.13 Å². The van der Waals surface area contributed by atoms with Crippen LogP contribution in [0.2, 0.25) is 0 Å². The first-order valence-corrected chi connectivity index (χ1v) is 9.46. The number of thiazole rings is 1. The van der Waals surface area contributed by atoms with Gasteiger partial charge < -0.3 is 19.3 Å². The highest BCUT2D eigenvalue weighted by Gasteiger charge is 2.16. The third kappa shape index (κ3) is 6.78. The summed E-state index contributed by atoms with van der Waals surface area (Å²) >= 11 is 1.15. The molecule has 0 saturated heterocycles. The fraction of sp³-hybridized carbons (Fsp3) is 0.444. The zero-order chi connectivity index (χ0) is 20.7. The van der Waals surface area contributed by atoms with E-state index >= 15 is 0 Å². The molecule has 28 heavy (non-hydrogen) atoms. The molecule has 0 saturated carbocycles. The molecular weight excluding hydrogens is 386 g/mol. The molecule has 0 aliphatic rings. The second kappa shape index (κ2) is 10.00. The Morgan fingerprint density at radius 3 is 2.46 bits per heavy atom. The van der Waals surface area contributed by atoms with Gasteiger partial charge in [-0.3, -0.25) is 14.9 Å². The van der Waals surface area contributed by atoms with Gasteiger partial charge in [0.25, 0.3) is 5.91 Å². The number of nitrogens with zero attached hydrogens (tertiary/aromatic N) is 2. The highest BCUT2D eigenvalue weighted by atomic mass is 32.1. The fourth-order valence-corrected chi connectivity index (χ4v) is 2.92. The number of aliphatic carboxylic acids is 1. The fourth-order valence-electron chi connectivity index (χ4n) is 2.22. The Labute approximate surface area is 166 Å². The van der Waals surface area contributed by atoms with Crippen LogP contribution >= 0.6 is 11.3 Å². The van der Waals surface area contributed by atoms with Crippen LogP contribution in [0.5, 0.6) is 11.8 Å². The van der Waals surface area contributed by atoms with Gasteiger partial charge >= 0.3 is 5.97 Å². The van der Waals surface area contributed by atoms with E-state index in [9.17, 15) is 9.59 Å². The summed E-state index contributed by atoms with van der Waals surface area (Å²) in [5, 5.41) is 13.4. The van der Waals surface area contributed by atoms with Gasteiger partial charge in [-0.15, -0.1) is 11.3 Å². The lowest BCUT2D eigenvalue weighted by molar-refractivity contribution is -0.136. The van der Waals surface area contributed by atoms with E-state index in [-0.39, 0.29) is 36.0 Å². The van der Waals surface area contributed by atoms with Gasteiger partial charge in [0.05, 0.1) is 30.4 Å². The van der Waals surface area contributed by atoms with Crippen LogP contribution in [0.1, 0.15) is 36.8 Å². The average molecular weight is 409 g/mol. The van der Waals surface area contributed by atoms with Gasteiger partial charge in [0.2, 0.25) is 11.8 Å². The molecule has 0 aliphatic carbocycles. The van der Waals surface area contributed by atoms with Crippen LogP contribution in [0, 0.1) is 0 Å². The second-order valence-electron chi connectivity index (χ2n) is 6.25. The molecule has 0 fully saturated rings. The molecule has 10 heteroatoms. The largest absolute Gasteiger partial charge is 0.481 e. The highest BCUT2D eigenvalue weighted by molar-refractivity contribution is 7.14. The van der Waals surface area contributed by atoms with Crippen molar-refractivity contribution in [1.82, 2.24) is 9.97 Å². The number of aromatic nitrogens is 2. The summed E-state index contributed by atoms with van der Waals surface area (Å²) in [6, 6.07) is 3.01. The molecule has 0 spiro atoms. The number of hydrogen-bond acceptors (Lipinski definition) is 8. The molecule has 0 bridgehead atoms. The van der Waals surface area contributed by atoms with E-state index in [1.807, 2.05) is 20.8 Å². The average Bonchev–Trinajstić information content (AvgIpc) is 3.00. The number of hydrogen-bond donors (Lipinski definition) is 2. The molecule has 9 nitrogen and oxygen atoms in total. The minimum absolute atomic E-state index is 0.132. The molecule has 2 heterocycles. The maximum Gasteiger partial charge on any atom is 0.309 e. The van der Waals surface area contributed by atoms with Crippen molar-refractivity contribution in [3.05, 3.63) is 28.8 Å². The quantitative estimate of drug-likeness (QED) is 0.614. The number of carbonyl (C=O) groups is 2. The Hall–Kier alpha value is -2.72. The SMILES string of the molecule is COC[C@@H](C)Oc1cc(C(=O)Nc2nc(CC(=O)O)cs2)cc(OC(C)C)n1. The zero-order valence-corrected chi connectivity index (χ0v) is 16.9. The van der Waals surface area contributed by atoms with Crippen LogP contribution in [0.25, 0.3) is 0 Å². The van der Waals surface area contributed by atoms with Gasteiger partial charge in [0.15, 0.2) is 5.13 Å². The van der Waals surface area contributed by atoms with E-state index in [1.165, 1.54) is 12.1 Å². The molecular formula is C18H23N3O6S. The highest BCUT2D eigenvalue weighted by Crippen LogP contribution is 2.22. The second-order valence-corrected chi connectivity index (χ2v) is 7.11. The van der Waals surface area contributed by atoms with Crippen LogP contribution in [-0.4, -0.2) is 52.9 Å². The van der Waals surface area contributed by atoms with Crippen LogP contribution in [0.3, 0.4) is 0 Å². The van der Waals surface area contributed by atoms with Crippen molar-refractivity contribution >= 4 is 28.3 Å². The number of ether oxygens (including phenoxy) is 3. The monoisotopic (exact) mass is 409 g/mol. The molecule has 0 radical (unpaired) electrons. The van der Waals surface area contributed by atoms with Crippen molar-refractivity contribution in [2.24, 2.45) is 0 Å². The lowest BCUT2D eigenvalue weighted by Gasteiger charge is -2.16. The van der Waals surface area contributed by atoms with Crippen molar-refractivity contribution in [1.29, 1.82) is 0 Å². The molecule has 2 N–H and O–H groups in total. The van der Waals surface area contributed by atoms with Crippen LogP contribution in [-0.2, 0) is 16.0 Å². The molecule has 1 amide bonds. The summed E-state index contributed by atoms with van der Waals surface area (Å²) in [6.07, 6.45) is -0.600. The van der Waals surface area contributed by atoms with E-state index in [1.54, 1.807) is 12.5 Å². The smallest absolute Gasteiger partial charge is 0.309 e. The summed E-state index contributed by atoms with van der Waals surface area (Å²) in [4.78, 5) is 31.7. The summed E-state index contributed by atoms with van der Waals surface area (Å²) in [7, 11) is 1.57. The normalized spacial score (nSPS) is 11.9. The number of nitrogens with one attached hydrogen (secondary N) is 1. The number of carboxylic acid groups (broad SMARTS) is 1. The molecule has 0 aliphatic heterocycles. The predicted molar refractivity (Wildman–Crippen MR) is 103 cm³/mol. The summed E-state index contributed by atoms with van der Waals surface area (Å²) in [5.74, 6) is -0.928. The van der Waals surface area contributed by atoms with Gasteiger partial charge in [-0.2, -0.15) is 4.98 Å². The lowest BCUT2D eigenvalue weighted by Crippen LogP contribution is -2.20. The van der Waals surface area contributed by atoms with Gasteiger partial charge in [-0.05, 0) is 20.8 Å². The number of methoxy groups -OCH3 is 1. The summed E-state index contributed by atoms with van der Waals surface area (Å²) in [5.41, 5.74) is 0.657. The third-order valence-electron chi connectivity index (χ3n) is 3.22. The topological polar surface area (TPSA) is 120 Å². The molecule has 2 rings (SSSR count). The van der Waals surface area contributed by atoms with Crippen LogP contribution in [0.15, 0.2) is 17.5 Å². The Bertz CT molecular complexity index is 823. The summed E-state index contributed by atoms with van der Waals surface area (Å²) < 4.78 is 16.3. The maximum absolute atomic E-state index is 12.6. The van der Waals surface area contributed by atoms with Crippen molar-refractivity contribution in [2.45, 2.75) is 39.4 Å². The summed E-state index contributed by atoms with van der Waals surface area (Å²) in [6.45, 7) is 5.88. The maximum atomic E-state index is 12.6. The first-order chi connectivity index (χ1) is 13.3. The minimum atomic E-state index is -0.986. The lowest BCUT2D eigenvalue weighted by atomic mass is 10.2. The Morgan fingerprint density at radius 2 is 1.86 bits per heavy atom. The van der Waals surface area contributed by atoms with Crippen LogP contribution < -0.4 is 14.8 Å². The minimum Gasteiger partial charge on any atom is -0.481 e. The number of anilines is 1.